The van der Waals surface area contributed by atoms with Crippen LogP contribution in [-0.2, 0) is 19.1 Å². The van der Waals surface area contributed by atoms with Crippen molar-refractivity contribution in [2.45, 2.75) is 63.5 Å². The summed E-state index contributed by atoms with van der Waals surface area (Å²) in [6.07, 6.45) is 2.53. The molecule has 0 radical (unpaired) electrons. The van der Waals surface area contributed by atoms with E-state index in [0.29, 0.717) is 36.3 Å². The fourth-order valence-corrected chi connectivity index (χ4v) is 6.06. The third-order valence-electron chi connectivity index (χ3n) is 8.88. The van der Waals surface area contributed by atoms with Crippen LogP contribution in [0, 0.1) is 0 Å². The Morgan fingerprint density at radius 2 is 1.76 bits per heavy atom. The number of para-hydroxylation sites is 1. The van der Waals surface area contributed by atoms with E-state index in [9.17, 15) is 29.1 Å². The monoisotopic (exact) mass is 692 g/mol. The molecular weight excluding hydrogens is 652 g/mol. The van der Waals surface area contributed by atoms with E-state index in [1.54, 1.807) is 36.1 Å². The van der Waals surface area contributed by atoms with Gasteiger partial charge in [0.05, 0.1) is 12.3 Å². The highest BCUT2D eigenvalue weighted by atomic mass is 16.6. The maximum atomic E-state index is 13.6. The molecule has 17 heteroatoms. The molecule has 50 heavy (non-hydrogen) atoms. The van der Waals surface area contributed by atoms with Gasteiger partial charge in [-0.05, 0) is 51.2 Å². The molecule has 1 aromatic carbocycles. The zero-order valence-corrected chi connectivity index (χ0v) is 27.7. The normalized spacial score (nSPS) is 18.1. The largest absolute Gasteiger partial charge is 0.481 e. The van der Waals surface area contributed by atoms with E-state index in [1.807, 2.05) is 6.07 Å². The first-order valence-electron chi connectivity index (χ1n) is 16.9. The van der Waals surface area contributed by atoms with E-state index >= 15 is 0 Å². The number of aliphatic carboxylic acids is 1. The summed E-state index contributed by atoms with van der Waals surface area (Å²) in [5, 5.41) is 20.5. The first kappa shape index (κ1) is 34.4. The van der Waals surface area contributed by atoms with Gasteiger partial charge in [0.2, 0.25) is 17.7 Å². The number of nitrogens with zero attached hydrogens (tertiary/aromatic N) is 7. The van der Waals surface area contributed by atoms with E-state index in [-0.39, 0.29) is 75.8 Å². The van der Waals surface area contributed by atoms with Gasteiger partial charge in [0.15, 0.2) is 18.1 Å². The molecule has 3 fully saturated rings. The Morgan fingerprint density at radius 1 is 1.02 bits per heavy atom. The van der Waals surface area contributed by atoms with Gasteiger partial charge in [0.25, 0.3) is 11.8 Å². The number of amides is 4. The number of carboxylic acids is 1. The lowest BCUT2D eigenvalue weighted by atomic mass is 10.1. The van der Waals surface area contributed by atoms with Crippen LogP contribution in [0.2, 0.25) is 0 Å². The topological polar surface area (TPSA) is 203 Å². The maximum absolute atomic E-state index is 13.6. The summed E-state index contributed by atoms with van der Waals surface area (Å²) in [6, 6.07) is 8.73. The summed E-state index contributed by atoms with van der Waals surface area (Å²) >= 11 is 0. The number of hydrogen-bond acceptors (Lipinski definition) is 11. The van der Waals surface area contributed by atoms with Crippen molar-refractivity contribution in [3.63, 3.8) is 0 Å². The summed E-state index contributed by atoms with van der Waals surface area (Å²) < 4.78 is 17.9. The number of carboxylic acid groups (broad SMARTS) is 1. The Bertz CT molecular complexity index is 1700. The van der Waals surface area contributed by atoms with Gasteiger partial charge in [-0.2, -0.15) is 10.1 Å². The van der Waals surface area contributed by atoms with Crippen molar-refractivity contribution < 1.29 is 43.1 Å². The minimum Gasteiger partial charge on any atom is -0.481 e. The van der Waals surface area contributed by atoms with Crippen LogP contribution in [0.4, 0.5) is 4.79 Å². The number of piperazine rings is 1. The number of likely N-dealkylation sites (tertiary alicyclic amines) is 1. The van der Waals surface area contributed by atoms with Gasteiger partial charge in [-0.3, -0.25) is 19.2 Å². The minimum absolute atomic E-state index is 0.103. The molecule has 0 unspecified atom stereocenters. The lowest BCUT2D eigenvalue weighted by molar-refractivity contribution is -0.138. The average Bonchev–Trinajstić information content (AvgIpc) is 3.47. The number of aromatic nitrogens is 4. The predicted molar refractivity (Wildman–Crippen MR) is 172 cm³/mol. The lowest BCUT2D eigenvalue weighted by Gasteiger charge is -2.35. The highest BCUT2D eigenvalue weighted by molar-refractivity contribution is 5.96. The fraction of sp³-hybridized carbons (Fsp3) is 0.515. The molecule has 3 aliphatic rings. The molecule has 0 spiro atoms. The Morgan fingerprint density at radius 3 is 2.46 bits per heavy atom. The SMILES string of the molecule is CCOC(=O)N1CCN(C(=O)[C@H](CCC(=O)O)NC(=O)c2cc(OCC(=O)N3CCC[C@H]3c3nc(C4CC4)no3)n(-c3ccccc3)n2)CC1. The summed E-state index contributed by atoms with van der Waals surface area (Å²) in [5.74, 6) is -1.09. The summed E-state index contributed by atoms with van der Waals surface area (Å²) in [5.41, 5.74) is 0.457. The Balaban J connectivity index is 1.14. The van der Waals surface area contributed by atoms with Gasteiger partial charge in [0, 0.05) is 51.1 Å². The molecule has 2 aliphatic heterocycles. The van der Waals surface area contributed by atoms with E-state index in [2.05, 4.69) is 20.6 Å². The molecule has 3 aromatic rings. The van der Waals surface area contributed by atoms with Gasteiger partial charge in [-0.1, -0.05) is 23.4 Å². The van der Waals surface area contributed by atoms with Gasteiger partial charge >= 0.3 is 12.1 Å². The smallest absolute Gasteiger partial charge is 0.409 e. The van der Waals surface area contributed by atoms with Crippen LogP contribution < -0.4 is 10.1 Å². The van der Waals surface area contributed by atoms with Crippen molar-refractivity contribution in [2.75, 3.05) is 45.9 Å². The average molecular weight is 693 g/mol. The van der Waals surface area contributed by atoms with Crippen molar-refractivity contribution in [2.24, 2.45) is 0 Å². The second kappa shape index (κ2) is 15.4. The van der Waals surface area contributed by atoms with E-state index in [4.69, 9.17) is 14.0 Å². The quantitative estimate of drug-likeness (QED) is 0.265. The number of hydrogen-bond donors (Lipinski definition) is 2. The minimum atomic E-state index is -1.17. The zero-order chi connectivity index (χ0) is 35.2. The first-order valence-corrected chi connectivity index (χ1v) is 16.9. The van der Waals surface area contributed by atoms with Crippen LogP contribution >= 0.6 is 0 Å². The standard InChI is InChI=1S/C33H40N8O9/c1-2-48-33(47)39-17-15-38(16-18-39)32(46)23(12-13-28(43)44)34-30(45)24-19-27(41(36-24)22-7-4-3-5-8-22)49-20-26(42)40-14-6-9-25(40)31-35-29(37-50-31)21-10-11-21/h3-5,7-8,19,21,23,25H,2,6,9-18,20H2,1H3,(H,34,45)(H,43,44)/t23-,25-/m0/s1. The molecule has 2 N–H and O–H groups in total. The Labute approximate surface area is 287 Å². The first-order chi connectivity index (χ1) is 24.2. The number of carbonyl (C=O) groups is 5. The van der Waals surface area contributed by atoms with Crippen molar-refractivity contribution in [1.29, 1.82) is 0 Å². The predicted octanol–water partition coefficient (Wildman–Crippen LogP) is 2.14. The van der Waals surface area contributed by atoms with Gasteiger partial charge in [-0.15, -0.1) is 0 Å². The third kappa shape index (κ3) is 8.03. The molecule has 1 saturated carbocycles. The van der Waals surface area contributed by atoms with Crippen LogP contribution in [-0.4, -0.2) is 121 Å². The molecule has 6 rings (SSSR count). The molecule has 0 bridgehead atoms. The maximum Gasteiger partial charge on any atom is 0.409 e. The molecule has 2 atom stereocenters. The summed E-state index contributed by atoms with van der Waals surface area (Å²) in [7, 11) is 0. The number of carbonyl (C=O) groups excluding carboxylic acids is 4. The van der Waals surface area contributed by atoms with Crippen LogP contribution in [0.1, 0.15) is 79.6 Å². The second-order valence-electron chi connectivity index (χ2n) is 12.4. The fourth-order valence-electron chi connectivity index (χ4n) is 6.06. The number of rotatable bonds is 13. The highest BCUT2D eigenvalue weighted by Crippen LogP contribution is 2.39. The van der Waals surface area contributed by atoms with Crippen LogP contribution in [0.15, 0.2) is 40.9 Å². The summed E-state index contributed by atoms with van der Waals surface area (Å²) in [4.78, 5) is 73.2. The molecule has 1 aliphatic carbocycles. The number of benzene rings is 1. The van der Waals surface area contributed by atoms with Crippen molar-refractivity contribution in [3.05, 3.63) is 53.8 Å². The number of nitrogens with one attached hydrogen (secondary N) is 1. The molecule has 4 heterocycles. The van der Waals surface area contributed by atoms with Crippen LogP contribution in [0.3, 0.4) is 0 Å². The van der Waals surface area contributed by atoms with E-state index < -0.39 is 29.9 Å². The highest BCUT2D eigenvalue weighted by Gasteiger charge is 2.37. The Hall–Kier alpha value is -5.48. The lowest BCUT2D eigenvalue weighted by Crippen LogP contribution is -2.56. The second-order valence-corrected chi connectivity index (χ2v) is 12.4. The van der Waals surface area contributed by atoms with Crippen molar-refractivity contribution in [1.82, 2.24) is 39.9 Å². The van der Waals surface area contributed by atoms with Gasteiger partial charge in [0.1, 0.15) is 12.1 Å². The molecular formula is C33H40N8O9. The van der Waals surface area contributed by atoms with Crippen LogP contribution in [0.25, 0.3) is 5.69 Å². The zero-order valence-electron chi connectivity index (χ0n) is 27.7. The third-order valence-corrected chi connectivity index (χ3v) is 8.88. The Kier molecular flexibility index (Phi) is 10.6. The van der Waals surface area contributed by atoms with Crippen molar-refractivity contribution in [3.8, 4) is 11.6 Å². The summed E-state index contributed by atoms with van der Waals surface area (Å²) in [6.45, 7) is 2.94. The van der Waals surface area contributed by atoms with Gasteiger partial charge in [-0.25, -0.2) is 9.48 Å². The molecule has 4 amide bonds. The molecule has 17 nitrogen and oxygen atoms in total. The van der Waals surface area contributed by atoms with E-state index in [1.165, 1.54) is 20.5 Å². The van der Waals surface area contributed by atoms with Crippen molar-refractivity contribution >= 4 is 29.8 Å². The van der Waals surface area contributed by atoms with E-state index in [0.717, 1.165) is 19.3 Å². The van der Waals surface area contributed by atoms with Gasteiger partial charge < -0.3 is 39.1 Å². The molecule has 266 valence electrons. The van der Waals surface area contributed by atoms with Crippen LogP contribution in [0.5, 0.6) is 5.88 Å². The number of ether oxygens (including phenoxy) is 2. The molecule has 2 aromatic heterocycles. The molecule has 2 saturated heterocycles.